The summed E-state index contributed by atoms with van der Waals surface area (Å²) in [6.45, 7) is 0. The average molecular weight is 339 g/mol. The number of benzene rings is 2. The Morgan fingerprint density at radius 3 is 2.44 bits per heavy atom. The van der Waals surface area contributed by atoms with Crippen LogP contribution in [0.2, 0.25) is 0 Å². The molecule has 0 radical (unpaired) electrons. The Morgan fingerprint density at radius 2 is 1.72 bits per heavy atom. The van der Waals surface area contributed by atoms with Crippen molar-refractivity contribution in [3.63, 3.8) is 0 Å². The SMILES string of the molecule is COc1cccc(C2=N/C(=C\c3ccc(OC)cc3OC)C(=O)O2)c1. The maximum atomic E-state index is 12.1. The van der Waals surface area contributed by atoms with Crippen LogP contribution in [0.4, 0.5) is 0 Å². The van der Waals surface area contributed by atoms with Crippen LogP contribution in [0.3, 0.4) is 0 Å². The first-order valence-electron chi connectivity index (χ1n) is 7.53. The number of rotatable bonds is 5. The van der Waals surface area contributed by atoms with Crippen molar-refractivity contribution in [1.29, 1.82) is 0 Å². The van der Waals surface area contributed by atoms with Gasteiger partial charge in [-0.25, -0.2) is 9.79 Å². The third-order valence-electron chi connectivity index (χ3n) is 3.67. The second-order valence-electron chi connectivity index (χ2n) is 5.18. The van der Waals surface area contributed by atoms with Crippen molar-refractivity contribution in [2.75, 3.05) is 21.3 Å². The Balaban J connectivity index is 1.96. The maximum Gasteiger partial charge on any atom is 0.363 e. The molecule has 2 aromatic carbocycles. The van der Waals surface area contributed by atoms with Crippen molar-refractivity contribution >= 4 is 17.9 Å². The molecule has 25 heavy (non-hydrogen) atoms. The number of esters is 1. The maximum absolute atomic E-state index is 12.1. The molecule has 1 aliphatic rings. The van der Waals surface area contributed by atoms with Gasteiger partial charge in [-0.05, 0) is 36.4 Å². The highest BCUT2D eigenvalue weighted by molar-refractivity contribution is 6.13. The molecule has 0 aromatic heterocycles. The average Bonchev–Trinajstić information content (AvgIpc) is 3.02. The Hall–Kier alpha value is -3.28. The first kappa shape index (κ1) is 16.6. The number of carbonyl (C=O) groups excluding carboxylic acids is 1. The van der Waals surface area contributed by atoms with Crippen molar-refractivity contribution in [3.05, 3.63) is 59.3 Å². The number of carbonyl (C=O) groups is 1. The van der Waals surface area contributed by atoms with E-state index in [2.05, 4.69) is 4.99 Å². The highest BCUT2D eigenvalue weighted by atomic mass is 16.6. The number of methoxy groups -OCH3 is 3. The van der Waals surface area contributed by atoms with Gasteiger partial charge in [0.15, 0.2) is 5.70 Å². The van der Waals surface area contributed by atoms with Crippen LogP contribution in [0.1, 0.15) is 11.1 Å². The molecule has 0 bridgehead atoms. The molecule has 0 unspecified atom stereocenters. The van der Waals surface area contributed by atoms with Gasteiger partial charge in [-0.3, -0.25) is 0 Å². The van der Waals surface area contributed by atoms with Gasteiger partial charge in [0.25, 0.3) is 0 Å². The summed E-state index contributed by atoms with van der Waals surface area (Å²) in [6, 6.07) is 12.5. The van der Waals surface area contributed by atoms with Crippen LogP contribution in [-0.4, -0.2) is 33.2 Å². The summed E-state index contributed by atoms with van der Waals surface area (Å²) in [7, 11) is 4.70. The third kappa shape index (κ3) is 3.47. The van der Waals surface area contributed by atoms with Crippen molar-refractivity contribution in [2.45, 2.75) is 0 Å². The minimum absolute atomic E-state index is 0.196. The van der Waals surface area contributed by atoms with Crippen LogP contribution in [0.15, 0.2) is 53.2 Å². The molecule has 0 saturated carbocycles. The zero-order chi connectivity index (χ0) is 17.8. The molecule has 0 fully saturated rings. The minimum Gasteiger partial charge on any atom is -0.497 e. The molecule has 0 aliphatic carbocycles. The molecule has 3 rings (SSSR count). The van der Waals surface area contributed by atoms with Gasteiger partial charge in [0.1, 0.15) is 17.2 Å². The van der Waals surface area contributed by atoms with E-state index < -0.39 is 5.97 Å². The van der Waals surface area contributed by atoms with Gasteiger partial charge in [0.2, 0.25) is 5.90 Å². The van der Waals surface area contributed by atoms with Crippen molar-refractivity contribution < 1.29 is 23.7 Å². The number of aliphatic imine (C=N–C) groups is 1. The molecule has 0 atom stereocenters. The lowest BCUT2D eigenvalue weighted by Crippen LogP contribution is -2.05. The lowest BCUT2D eigenvalue weighted by atomic mass is 10.1. The van der Waals surface area contributed by atoms with Crippen LogP contribution in [0, 0.1) is 0 Å². The third-order valence-corrected chi connectivity index (χ3v) is 3.67. The topological polar surface area (TPSA) is 66.3 Å². The zero-order valence-electron chi connectivity index (χ0n) is 14.1. The fourth-order valence-electron chi connectivity index (χ4n) is 2.37. The van der Waals surface area contributed by atoms with E-state index in [1.54, 1.807) is 69.9 Å². The first-order chi connectivity index (χ1) is 12.1. The van der Waals surface area contributed by atoms with E-state index >= 15 is 0 Å². The molecular formula is C19H17NO5. The monoisotopic (exact) mass is 339 g/mol. The second kappa shape index (κ2) is 7.09. The predicted molar refractivity (Wildman–Crippen MR) is 93.1 cm³/mol. The van der Waals surface area contributed by atoms with E-state index in [0.717, 1.165) is 0 Å². The van der Waals surface area contributed by atoms with Gasteiger partial charge < -0.3 is 18.9 Å². The summed E-state index contributed by atoms with van der Waals surface area (Å²) >= 11 is 0. The highest BCUT2D eigenvalue weighted by Gasteiger charge is 2.24. The van der Waals surface area contributed by atoms with Gasteiger partial charge >= 0.3 is 5.97 Å². The molecular weight excluding hydrogens is 322 g/mol. The predicted octanol–water partition coefficient (Wildman–Crippen LogP) is 3.06. The van der Waals surface area contributed by atoms with Crippen LogP contribution < -0.4 is 14.2 Å². The molecule has 0 amide bonds. The van der Waals surface area contributed by atoms with Gasteiger partial charge in [-0.15, -0.1) is 0 Å². The van der Waals surface area contributed by atoms with Gasteiger partial charge in [0.05, 0.1) is 21.3 Å². The van der Waals surface area contributed by atoms with E-state index in [1.807, 2.05) is 0 Å². The largest absolute Gasteiger partial charge is 0.497 e. The molecule has 1 heterocycles. The number of cyclic esters (lactones) is 1. The van der Waals surface area contributed by atoms with Crippen molar-refractivity contribution in [1.82, 2.24) is 0 Å². The first-order valence-corrected chi connectivity index (χ1v) is 7.53. The van der Waals surface area contributed by atoms with Gasteiger partial charge in [-0.2, -0.15) is 0 Å². The summed E-state index contributed by atoms with van der Waals surface area (Å²) in [6.07, 6.45) is 1.62. The number of hydrogen-bond acceptors (Lipinski definition) is 6. The highest BCUT2D eigenvalue weighted by Crippen LogP contribution is 2.28. The standard InChI is InChI=1S/C19H17NO5/c1-22-14-6-4-5-13(9-14)18-20-16(19(21)25-18)10-12-7-8-15(23-2)11-17(12)24-3/h4-11H,1-3H3/b16-10-. The van der Waals surface area contributed by atoms with Crippen LogP contribution in [0.5, 0.6) is 17.2 Å². The van der Waals surface area contributed by atoms with Crippen molar-refractivity contribution in [3.8, 4) is 17.2 Å². The van der Waals surface area contributed by atoms with E-state index in [1.165, 1.54) is 0 Å². The quantitative estimate of drug-likeness (QED) is 0.619. The van der Waals surface area contributed by atoms with E-state index in [4.69, 9.17) is 18.9 Å². The molecule has 128 valence electrons. The van der Waals surface area contributed by atoms with E-state index in [-0.39, 0.29) is 11.6 Å². The molecule has 0 N–H and O–H groups in total. The summed E-state index contributed by atoms with van der Waals surface area (Å²) in [5.74, 6) is 1.61. The van der Waals surface area contributed by atoms with E-state index in [9.17, 15) is 4.79 Å². The summed E-state index contributed by atoms with van der Waals surface area (Å²) in [4.78, 5) is 16.4. The molecule has 2 aromatic rings. The van der Waals surface area contributed by atoms with E-state index in [0.29, 0.717) is 28.4 Å². The van der Waals surface area contributed by atoms with Crippen LogP contribution >= 0.6 is 0 Å². The number of ether oxygens (including phenoxy) is 4. The molecule has 0 spiro atoms. The Morgan fingerprint density at radius 1 is 0.960 bits per heavy atom. The Labute approximate surface area is 145 Å². The molecule has 6 heteroatoms. The lowest BCUT2D eigenvalue weighted by molar-refractivity contribution is -0.129. The fourth-order valence-corrected chi connectivity index (χ4v) is 2.37. The molecule has 1 aliphatic heterocycles. The smallest absolute Gasteiger partial charge is 0.363 e. The number of hydrogen-bond donors (Lipinski definition) is 0. The summed E-state index contributed by atoms with van der Waals surface area (Å²) < 4.78 is 21.0. The van der Waals surface area contributed by atoms with Crippen molar-refractivity contribution in [2.24, 2.45) is 4.99 Å². The van der Waals surface area contributed by atoms with Crippen LogP contribution in [-0.2, 0) is 9.53 Å². The fraction of sp³-hybridized carbons (Fsp3) is 0.158. The van der Waals surface area contributed by atoms with Crippen LogP contribution in [0.25, 0.3) is 6.08 Å². The second-order valence-corrected chi connectivity index (χ2v) is 5.18. The number of nitrogens with zero attached hydrogens (tertiary/aromatic N) is 1. The minimum atomic E-state index is -0.518. The molecule has 6 nitrogen and oxygen atoms in total. The molecule has 0 saturated heterocycles. The Bertz CT molecular complexity index is 870. The summed E-state index contributed by atoms with van der Waals surface area (Å²) in [5, 5.41) is 0. The van der Waals surface area contributed by atoms with Gasteiger partial charge in [-0.1, -0.05) is 6.07 Å². The lowest BCUT2D eigenvalue weighted by Gasteiger charge is -2.07. The zero-order valence-corrected chi connectivity index (χ0v) is 14.1. The summed E-state index contributed by atoms with van der Waals surface area (Å²) in [5.41, 5.74) is 1.56. The Kier molecular flexibility index (Phi) is 4.70. The normalized spacial score (nSPS) is 14.9. The van der Waals surface area contributed by atoms with Gasteiger partial charge in [0, 0.05) is 17.2 Å².